The molecule has 0 bridgehead atoms. The van der Waals surface area contributed by atoms with Crippen LogP contribution in [0.2, 0.25) is 0 Å². The summed E-state index contributed by atoms with van der Waals surface area (Å²) in [4.78, 5) is 12.9. The highest BCUT2D eigenvalue weighted by atomic mass is 32.2. The number of aromatic nitrogens is 4. The Morgan fingerprint density at radius 2 is 2.25 bits per heavy atom. The van der Waals surface area contributed by atoms with Crippen LogP contribution in [0.3, 0.4) is 0 Å². The van der Waals surface area contributed by atoms with Crippen LogP contribution in [-0.4, -0.2) is 42.6 Å². The molecule has 0 spiro atoms. The van der Waals surface area contributed by atoms with Gasteiger partial charge in [0.1, 0.15) is 11.7 Å². The molecule has 4 N–H and O–H groups in total. The van der Waals surface area contributed by atoms with Crippen molar-refractivity contribution in [3.05, 3.63) is 6.33 Å². The predicted octanol–water partition coefficient (Wildman–Crippen LogP) is 2.06. The first-order chi connectivity index (χ1) is 11.4. The maximum atomic E-state index is 11.0. The quantitative estimate of drug-likeness (QED) is 0.558. The minimum absolute atomic E-state index is 0.0756. The fraction of sp³-hybridized carbons (Fsp3) is 0.688. The van der Waals surface area contributed by atoms with Crippen molar-refractivity contribution in [2.45, 2.75) is 44.5 Å². The lowest BCUT2D eigenvalue weighted by atomic mass is 9.69. The van der Waals surface area contributed by atoms with Crippen molar-refractivity contribution in [1.82, 2.24) is 19.5 Å². The molecule has 1 saturated carbocycles. The van der Waals surface area contributed by atoms with Gasteiger partial charge in [0.15, 0.2) is 16.6 Å². The van der Waals surface area contributed by atoms with E-state index in [9.17, 15) is 10.2 Å². The number of hydrogen-bond donors (Lipinski definition) is 3. The van der Waals surface area contributed by atoms with Gasteiger partial charge in [0, 0.05) is 17.9 Å². The molecule has 2 aromatic heterocycles. The second-order valence-electron chi connectivity index (χ2n) is 6.81. The van der Waals surface area contributed by atoms with Gasteiger partial charge in [-0.15, -0.1) is 0 Å². The Kier molecular flexibility index (Phi) is 4.72. The Morgan fingerprint density at radius 1 is 1.50 bits per heavy atom. The summed E-state index contributed by atoms with van der Waals surface area (Å²) in [7, 11) is 0. The predicted molar refractivity (Wildman–Crippen MR) is 94.5 cm³/mol. The summed E-state index contributed by atoms with van der Waals surface area (Å²) >= 11 is 1.39. The van der Waals surface area contributed by atoms with Gasteiger partial charge >= 0.3 is 0 Å². The number of hydrogen-bond acceptors (Lipinski definition) is 7. The van der Waals surface area contributed by atoms with Crippen LogP contribution < -0.4 is 5.73 Å². The van der Waals surface area contributed by atoms with E-state index in [0.29, 0.717) is 28.1 Å². The molecule has 0 saturated heterocycles. The van der Waals surface area contributed by atoms with E-state index in [-0.39, 0.29) is 17.9 Å². The summed E-state index contributed by atoms with van der Waals surface area (Å²) in [6.07, 6.45) is 5.69. The number of fused-ring (bicyclic) bond motifs is 1. The third kappa shape index (κ3) is 2.57. The molecule has 8 heteroatoms. The maximum Gasteiger partial charge on any atom is 0.191 e. The second kappa shape index (κ2) is 6.50. The molecule has 4 atom stereocenters. The maximum absolute atomic E-state index is 11.0. The molecule has 1 aliphatic carbocycles. The highest BCUT2D eigenvalue weighted by molar-refractivity contribution is 7.98. The van der Waals surface area contributed by atoms with Gasteiger partial charge in [-0.1, -0.05) is 38.5 Å². The molecule has 0 radical (unpaired) electrons. The van der Waals surface area contributed by atoms with E-state index in [1.807, 2.05) is 13.2 Å². The van der Waals surface area contributed by atoms with Gasteiger partial charge in [-0.25, -0.2) is 15.0 Å². The van der Waals surface area contributed by atoms with E-state index in [1.54, 1.807) is 10.9 Å². The van der Waals surface area contributed by atoms with Crippen molar-refractivity contribution in [3.8, 4) is 0 Å². The summed E-state index contributed by atoms with van der Waals surface area (Å²) in [5, 5.41) is 21.6. The molecule has 2 heterocycles. The summed E-state index contributed by atoms with van der Waals surface area (Å²) in [5.41, 5.74) is 6.70. The average molecular weight is 351 g/mol. The number of anilines is 1. The summed E-state index contributed by atoms with van der Waals surface area (Å²) in [5.74, 6) is 0.545. The van der Waals surface area contributed by atoms with Gasteiger partial charge in [0.25, 0.3) is 0 Å². The zero-order chi connectivity index (χ0) is 17.5. The standard InChI is InChI=1S/C16H25N5O2S/c1-9-5-4-6-16(9,7-22)10(2)14(23)21-8-18-11-12(17)19-15(24-3)20-13(11)21/h8-10,14,22-23H,4-7H2,1-3H3,(H2,17,19,20)/t9-,10-,14+,16-/m0/s1. The lowest BCUT2D eigenvalue weighted by Crippen LogP contribution is -2.40. The molecule has 1 aliphatic rings. The topological polar surface area (TPSA) is 110 Å². The van der Waals surface area contributed by atoms with Gasteiger partial charge in [-0.2, -0.15) is 0 Å². The molecular weight excluding hydrogens is 326 g/mol. The number of aliphatic hydroxyl groups is 2. The number of thioether (sulfide) groups is 1. The lowest BCUT2D eigenvalue weighted by Gasteiger charge is -2.40. The van der Waals surface area contributed by atoms with Crippen molar-refractivity contribution >= 4 is 28.7 Å². The molecule has 2 aromatic rings. The van der Waals surface area contributed by atoms with Crippen LogP contribution in [0.25, 0.3) is 11.2 Å². The van der Waals surface area contributed by atoms with Crippen LogP contribution in [0.1, 0.15) is 39.3 Å². The normalized spacial score (nSPS) is 26.8. The molecule has 0 unspecified atom stereocenters. The van der Waals surface area contributed by atoms with E-state index in [2.05, 4.69) is 21.9 Å². The zero-order valence-electron chi connectivity index (χ0n) is 14.3. The van der Waals surface area contributed by atoms with Crippen LogP contribution in [0.5, 0.6) is 0 Å². The fourth-order valence-electron chi connectivity index (χ4n) is 4.07. The summed E-state index contributed by atoms with van der Waals surface area (Å²) in [6.45, 7) is 4.23. The Balaban J connectivity index is 2.02. The van der Waals surface area contributed by atoms with Gasteiger partial charge in [-0.3, -0.25) is 4.57 Å². The molecule has 0 aromatic carbocycles. The van der Waals surface area contributed by atoms with E-state index in [4.69, 9.17) is 5.73 Å². The molecule has 3 rings (SSSR count). The molecule has 24 heavy (non-hydrogen) atoms. The molecule has 7 nitrogen and oxygen atoms in total. The van der Waals surface area contributed by atoms with E-state index >= 15 is 0 Å². The molecular formula is C16H25N5O2S. The van der Waals surface area contributed by atoms with E-state index < -0.39 is 6.23 Å². The van der Waals surface area contributed by atoms with Gasteiger partial charge in [0.2, 0.25) is 0 Å². The van der Waals surface area contributed by atoms with Crippen molar-refractivity contribution < 1.29 is 10.2 Å². The number of nitrogens with two attached hydrogens (primary N) is 1. The van der Waals surface area contributed by atoms with Crippen molar-refractivity contribution in [3.63, 3.8) is 0 Å². The third-order valence-corrected chi connectivity index (χ3v) is 6.35. The van der Waals surface area contributed by atoms with Crippen molar-refractivity contribution in [1.29, 1.82) is 0 Å². The number of nitrogen functional groups attached to an aromatic ring is 1. The monoisotopic (exact) mass is 351 g/mol. The van der Waals surface area contributed by atoms with Gasteiger partial charge in [0.05, 0.1) is 6.33 Å². The van der Waals surface area contributed by atoms with Gasteiger partial charge in [-0.05, 0) is 18.6 Å². The first kappa shape index (κ1) is 17.4. The van der Waals surface area contributed by atoms with E-state index in [1.165, 1.54) is 11.8 Å². The summed E-state index contributed by atoms with van der Waals surface area (Å²) < 4.78 is 1.65. The number of aliphatic hydroxyl groups excluding tert-OH is 2. The number of rotatable bonds is 5. The number of nitrogens with zero attached hydrogens (tertiary/aromatic N) is 4. The van der Waals surface area contributed by atoms with Gasteiger partial charge < -0.3 is 15.9 Å². The van der Waals surface area contributed by atoms with Crippen LogP contribution in [-0.2, 0) is 0 Å². The zero-order valence-corrected chi connectivity index (χ0v) is 15.1. The summed E-state index contributed by atoms with van der Waals surface area (Å²) in [6, 6.07) is 0. The molecule has 0 aliphatic heterocycles. The van der Waals surface area contributed by atoms with E-state index in [0.717, 1.165) is 19.3 Å². The third-order valence-electron chi connectivity index (χ3n) is 5.80. The smallest absolute Gasteiger partial charge is 0.191 e. The molecule has 132 valence electrons. The Hall–Kier alpha value is -1.38. The molecule has 1 fully saturated rings. The van der Waals surface area contributed by atoms with Crippen molar-refractivity contribution in [2.75, 3.05) is 18.6 Å². The van der Waals surface area contributed by atoms with Crippen LogP contribution in [0, 0.1) is 17.3 Å². The Labute approximate surface area is 145 Å². The van der Waals surface area contributed by atoms with Crippen LogP contribution in [0.15, 0.2) is 11.5 Å². The van der Waals surface area contributed by atoms with Crippen molar-refractivity contribution in [2.24, 2.45) is 17.3 Å². The fourth-order valence-corrected chi connectivity index (χ4v) is 4.43. The Bertz CT molecular complexity index is 737. The first-order valence-electron chi connectivity index (χ1n) is 8.27. The highest BCUT2D eigenvalue weighted by Gasteiger charge is 2.47. The van der Waals surface area contributed by atoms with Crippen LogP contribution >= 0.6 is 11.8 Å². The average Bonchev–Trinajstić information content (AvgIpc) is 3.17. The second-order valence-corrected chi connectivity index (χ2v) is 7.58. The minimum Gasteiger partial charge on any atom is -0.396 e. The largest absolute Gasteiger partial charge is 0.396 e. The SMILES string of the molecule is CSc1nc(N)c2ncn([C@H](O)[C@H](C)[C@]3(CO)CCC[C@@H]3C)c2n1. The van der Waals surface area contributed by atoms with Crippen LogP contribution in [0.4, 0.5) is 5.82 Å². The highest BCUT2D eigenvalue weighted by Crippen LogP contribution is 2.51. The number of imidazole rings is 1. The Morgan fingerprint density at radius 3 is 2.83 bits per heavy atom. The molecule has 0 amide bonds. The first-order valence-corrected chi connectivity index (χ1v) is 9.50. The minimum atomic E-state index is -0.827. The lowest BCUT2D eigenvalue weighted by molar-refractivity contribution is -0.0617.